The van der Waals surface area contributed by atoms with Crippen LogP contribution in [0.25, 0.3) is 11.0 Å². The molecule has 20 heavy (non-hydrogen) atoms. The van der Waals surface area contributed by atoms with Gasteiger partial charge in [0.25, 0.3) is 10.2 Å². The summed E-state index contributed by atoms with van der Waals surface area (Å²) in [6.45, 7) is 2.99. The SMILES string of the molecule is NS(=O)(=O)N1CCN(Cc2coc3ccccc23)CC1. The maximum atomic E-state index is 11.3. The van der Waals surface area contributed by atoms with Crippen LogP contribution in [0.5, 0.6) is 0 Å². The van der Waals surface area contributed by atoms with Crippen molar-refractivity contribution in [3.8, 4) is 0 Å². The molecule has 1 aliphatic heterocycles. The summed E-state index contributed by atoms with van der Waals surface area (Å²) in [6.07, 6.45) is 1.77. The van der Waals surface area contributed by atoms with Gasteiger partial charge in [-0.05, 0) is 6.07 Å². The van der Waals surface area contributed by atoms with E-state index in [1.54, 1.807) is 6.26 Å². The molecule has 0 bridgehead atoms. The van der Waals surface area contributed by atoms with Gasteiger partial charge >= 0.3 is 0 Å². The molecule has 0 radical (unpaired) electrons. The lowest BCUT2D eigenvalue weighted by atomic mass is 10.1. The lowest BCUT2D eigenvalue weighted by molar-refractivity contribution is 0.182. The summed E-state index contributed by atoms with van der Waals surface area (Å²) >= 11 is 0. The Morgan fingerprint density at radius 1 is 1.15 bits per heavy atom. The Labute approximate surface area is 117 Å². The molecule has 1 fully saturated rings. The average molecular weight is 295 g/mol. The standard InChI is InChI=1S/C13H17N3O3S/c14-20(17,18)16-7-5-15(6-8-16)9-11-10-19-13-4-2-1-3-12(11)13/h1-4,10H,5-9H2,(H2,14,17,18). The van der Waals surface area contributed by atoms with Crippen LogP contribution in [0.3, 0.4) is 0 Å². The molecule has 0 amide bonds. The minimum atomic E-state index is -3.56. The van der Waals surface area contributed by atoms with E-state index in [4.69, 9.17) is 9.56 Å². The smallest absolute Gasteiger partial charge is 0.276 e. The summed E-state index contributed by atoms with van der Waals surface area (Å²) in [4.78, 5) is 2.21. The minimum absolute atomic E-state index is 0.439. The van der Waals surface area contributed by atoms with E-state index in [9.17, 15) is 8.42 Å². The van der Waals surface area contributed by atoms with E-state index in [1.165, 1.54) is 4.31 Å². The topological polar surface area (TPSA) is 79.8 Å². The average Bonchev–Trinajstić information content (AvgIpc) is 2.82. The molecule has 1 aliphatic rings. The fraction of sp³-hybridized carbons (Fsp3) is 0.385. The van der Waals surface area contributed by atoms with Crippen molar-refractivity contribution in [1.29, 1.82) is 0 Å². The highest BCUT2D eigenvalue weighted by Crippen LogP contribution is 2.22. The fourth-order valence-corrected chi connectivity index (χ4v) is 3.21. The van der Waals surface area contributed by atoms with Crippen LogP contribution in [0.15, 0.2) is 34.9 Å². The van der Waals surface area contributed by atoms with E-state index < -0.39 is 10.2 Å². The van der Waals surface area contributed by atoms with Crippen molar-refractivity contribution in [3.63, 3.8) is 0 Å². The van der Waals surface area contributed by atoms with Gasteiger partial charge in [-0.15, -0.1) is 0 Å². The quantitative estimate of drug-likeness (QED) is 0.906. The first-order chi connectivity index (χ1) is 9.54. The summed E-state index contributed by atoms with van der Waals surface area (Å²) in [6, 6.07) is 7.91. The molecule has 0 atom stereocenters. The van der Waals surface area contributed by atoms with Crippen molar-refractivity contribution in [1.82, 2.24) is 9.21 Å². The third-order valence-corrected chi connectivity index (χ3v) is 4.73. The van der Waals surface area contributed by atoms with E-state index in [1.807, 2.05) is 24.3 Å². The van der Waals surface area contributed by atoms with Gasteiger partial charge in [-0.2, -0.15) is 12.7 Å². The first-order valence-electron chi connectivity index (χ1n) is 6.49. The summed E-state index contributed by atoms with van der Waals surface area (Å²) in [5.41, 5.74) is 2.01. The predicted octanol–water partition coefficient (Wildman–Crippen LogP) is 0.754. The lowest BCUT2D eigenvalue weighted by Crippen LogP contribution is -2.50. The van der Waals surface area contributed by atoms with Gasteiger partial charge in [-0.1, -0.05) is 18.2 Å². The van der Waals surface area contributed by atoms with E-state index in [-0.39, 0.29) is 0 Å². The Morgan fingerprint density at radius 2 is 1.85 bits per heavy atom. The molecule has 2 heterocycles. The molecule has 2 N–H and O–H groups in total. The maximum Gasteiger partial charge on any atom is 0.276 e. The zero-order valence-electron chi connectivity index (χ0n) is 11.0. The van der Waals surface area contributed by atoms with E-state index >= 15 is 0 Å². The Hall–Kier alpha value is -1.41. The highest BCUT2D eigenvalue weighted by atomic mass is 32.2. The van der Waals surface area contributed by atoms with Gasteiger partial charge in [-0.3, -0.25) is 4.90 Å². The van der Waals surface area contributed by atoms with Crippen LogP contribution in [-0.2, 0) is 16.8 Å². The van der Waals surface area contributed by atoms with Crippen LogP contribution in [0.4, 0.5) is 0 Å². The number of nitrogens with two attached hydrogens (primary N) is 1. The van der Waals surface area contributed by atoms with Crippen LogP contribution < -0.4 is 5.14 Å². The van der Waals surface area contributed by atoms with Crippen LogP contribution in [0.2, 0.25) is 0 Å². The van der Waals surface area contributed by atoms with Crippen LogP contribution in [0, 0.1) is 0 Å². The van der Waals surface area contributed by atoms with Gasteiger partial charge < -0.3 is 4.42 Å². The number of rotatable bonds is 3. The molecule has 1 aromatic heterocycles. The number of furan rings is 1. The number of hydrogen-bond donors (Lipinski definition) is 1. The zero-order chi connectivity index (χ0) is 14.2. The van der Waals surface area contributed by atoms with Crippen LogP contribution in [-0.4, -0.2) is 43.8 Å². The molecule has 0 spiro atoms. The second-order valence-electron chi connectivity index (χ2n) is 4.98. The third kappa shape index (κ3) is 2.71. The number of hydrogen-bond acceptors (Lipinski definition) is 4. The van der Waals surface area contributed by atoms with Crippen molar-refractivity contribution in [2.75, 3.05) is 26.2 Å². The highest BCUT2D eigenvalue weighted by Gasteiger charge is 2.24. The molecular formula is C13H17N3O3S. The van der Waals surface area contributed by atoms with Crippen molar-refractivity contribution >= 4 is 21.2 Å². The van der Waals surface area contributed by atoms with Gasteiger partial charge in [-0.25, -0.2) is 5.14 Å². The second kappa shape index (κ2) is 5.17. The van der Waals surface area contributed by atoms with Gasteiger partial charge in [0.2, 0.25) is 0 Å². The summed E-state index contributed by atoms with van der Waals surface area (Å²) < 4.78 is 29.3. The first-order valence-corrected chi connectivity index (χ1v) is 8.00. The van der Waals surface area contributed by atoms with Gasteiger partial charge in [0, 0.05) is 43.7 Å². The number of piperazine rings is 1. The van der Waals surface area contributed by atoms with Crippen LogP contribution >= 0.6 is 0 Å². The molecule has 0 aliphatic carbocycles. The molecular weight excluding hydrogens is 278 g/mol. The molecule has 0 saturated carbocycles. The van der Waals surface area contributed by atoms with E-state index in [2.05, 4.69) is 4.90 Å². The number of nitrogens with zero attached hydrogens (tertiary/aromatic N) is 2. The largest absolute Gasteiger partial charge is 0.464 e. The maximum absolute atomic E-state index is 11.3. The van der Waals surface area contributed by atoms with Crippen molar-refractivity contribution in [2.45, 2.75) is 6.54 Å². The van der Waals surface area contributed by atoms with Crippen molar-refractivity contribution < 1.29 is 12.8 Å². The van der Waals surface area contributed by atoms with Crippen molar-refractivity contribution in [2.24, 2.45) is 5.14 Å². The molecule has 1 aromatic carbocycles. The third-order valence-electron chi connectivity index (χ3n) is 3.65. The van der Waals surface area contributed by atoms with Crippen molar-refractivity contribution in [3.05, 3.63) is 36.1 Å². The second-order valence-corrected chi connectivity index (χ2v) is 6.52. The number of benzene rings is 1. The fourth-order valence-electron chi connectivity index (χ4n) is 2.54. The minimum Gasteiger partial charge on any atom is -0.464 e. The van der Waals surface area contributed by atoms with Crippen LogP contribution in [0.1, 0.15) is 5.56 Å². The molecule has 0 unspecified atom stereocenters. The van der Waals surface area contributed by atoms with Gasteiger partial charge in [0.1, 0.15) is 5.58 Å². The molecule has 108 valence electrons. The first kappa shape index (κ1) is 13.6. The molecule has 2 aromatic rings. The summed E-state index contributed by atoms with van der Waals surface area (Å²) in [5, 5.41) is 6.24. The van der Waals surface area contributed by atoms with E-state index in [0.29, 0.717) is 26.2 Å². The predicted molar refractivity (Wildman–Crippen MR) is 76.2 cm³/mol. The molecule has 3 rings (SSSR count). The Balaban J connectivity index is 1.68. The summed E-state index contributed by atoms with van der Waals surface area (Å²) in [5.74, 6) is 0. The monoisotopic (exact) mass is 295 g/mol. The Bertz CT molecular complexity index is 702. The van der Waals surface area contributed by atoms with Gasteiger partial charge in [0.15, 0.2) is 0 Å². The number of para-hydroxylation sites is 1. The zero-order valence-corrected chi connectivity index (χ0v) is 11.8. The number of fused-ring (bicyclic) bond motifs is 1. The highest BCUT2D eigenvalue weighted by molar-refractivity contribution is 7.86. The normalized spacial score (nSPS) is 18.6. The van der Waals surface area contributed by atoms with Gasteiger partial charge in [0.05, 0.1) is 6.26 Å². The Kier molecular flexibility index (Phi) is 3.51. The van der Waals surface area contributed by atoms with E-state index in [0.717, 1.165) is 23.1 Å². The molecule has 1 saturated heterocycles. The summed E-state index contributed by atoms with van der Waals surface area (Å²) in [7, 11) is -3.56. The molecule has 7 heteroatoms. The lowest BCUT2D eigenvalue weighted by Gasteiger charge is -2.32. The molecule has 6 nitrogen and oxygen atoms in total. The Morgan fingerprint density at radius 3 is 2.55 bits per heavy atom.